The van der Waals surface area contributed by atoms with Gasteiger partial charge < -0.3 is 4.74 Å². The molecule has 4 atom stereocenters. The zero-order valence-electron chi connectivity index (χ0n) is 17.9. The number of amides is 4. The molecule has 3 aliphatic rings. The van der Waals surface area contributed by atoms with Gasteiger partial charge in [-0.2, -0.15) is 5.01 Å². The van der Waals surface area contributed by atoms with Crippen molar-refractivity contribution in [3.8, 4) is 0 Å². The van der Waals surface area contributed by atoms with Gasteiger partial charge in [-0.3, -0.25) is 14.4 Å². The monoisotopic (exact) mass is 453 g/mol. The van der Waals surface area contributed by atoms with Gasteiger partial charge in [0.1, 0.15) is 18.7 Å². The summed E-state index contributed by atoms with van der Waals surface area (Å²) < 4.78 is 5.23. The first kappa shape index (κ1) is 20.3. The second-order valence-electron chi connectivity index (χ2n) is 8.36. The van der Waals surface area contributed by atoms with Gasteiger partial charge in [-0.1, -0.05) is 72.8 Å². The Balaban J connectivity index is 1.37. The smallest absolute Gasteiger partial charge is 0.417 e. The van der Waals surface area contributed by atoms with Gasteiger partial charge in [0.2, 0.25) is 0 Å². The maximum Gasteiger partial charge on any atom is 0.417 e. The van der Waals surface area contributed by atoms with E-state index in [0.717, 1.165) is 21.0 Å². The second kappa shape index (κ2) is 7.64. The summed E-state index contributed by atoms with van der Waals surface area (Å²) in [6.45, 7) is 0.0460. The molecule has 0 N–H and O–H groups in total. The summed E-state index contributed by atoms with van der Waals surface area (Å²) in [4.78, 5) is 53.8. The molecule has 0 spiro atoms. The topological polar surface area (TPSA) is 87.0 Å². The number of benzene rings is 3. The van der Waals surface area contributed by atoms with Crippen molar-refractivity contribution in [3.63, 3.8) is 0 Å². The highest BCUT2D eigenvalue weighted by atomic mass is 16.6. The van der Waals surface area contributed by atoms with Crippen LogP contribution < -0.4 is 0 Å². The second-order valence-corrected chi connectivity index (χ2v) is 8.36. The zero-order valence-corrected chi connectivity index (χ0v) is 17.9. The third-order valence-corrected chi connectivity index (χ3v) is 6.47. The first-order valence-electron chi connectivity index (χ1n) is 10.9. The van der Waals surface area contributed by atoms with Crippen molar-refractivity contribution in [1.29, 1.82) is 0 Å². The average Bonchev–Trinajstić information content (AvgIpc) is 3.40. The van der Waals surface area contributed by atoms with E-state index in [1.54, 1.807) is 24.3 Å². The lowest BCUT2D eigenvalue weighted by atomic mass is 10.1. The van der Waals surface area contributed by atoms with Crippen molar-refractivity contribution >= 4 is 23.8 Å². The molecular formula is C26H19N3O5. The molecule has 0 saturated carbocycles. The minimum atomic E-state index is -0.901. The van der Waals surface area contributed by atoms with Crippen LogP contribution in [-0.4, -0.2) is 51.4 Å². The van der Waals surface area contributed by atoms with E-state index in [4.69, 9.17) is 4.74 Å². The molecule has 3 aromatic rings. The zero-order chi connectivity index (χ0) is 23.4. The molecule has 4 amide bonds. The molecule has 0 bridgehead atoms. The van der Waals surface area contributed by atoms with Gasteiger partial charge in [0.25, 0.3) is 17.7 Å². The van der Waals surface area contributed by atoms with E-state index in [0.29, 0.717) is 11.1 Å². The van der Waals surface area contributed by atoms with Gasteiger partial charge in [0.15, 0.2) is 0 Å². The number of hydrazine groups is 1. The Labute approximate surface area is 194 Å². The van der Waals surface area contributed by atoms with Crippen LogP contribution in [0.15, 0.2) is 84.9 Å². The lowest BCUT2D eigenvalue weighted by Gasteiger charge is -2.21. The van der Waals surface area contributed by atoms with Crippen LogP contribution in [0.25, 0.3) is 0 Å². The molecule has 8 heteroatoms. The Kier molecular flexibility index (Phi) is 4.56. The van der Waals surface area contributed by atoms with Crippen molar-refractivity contribution in [3.05, 3.63) is 107 Å². The molecule has 3 aliphatic heterocycles. The van der Waals surface area contributed by atoms with Crippen LogP contribution in [0.4, 0.5) is 4.79 Å². The molecule has 3 heterocycles. The Bertz CT molecular complexity index is 1290. The number of fused-ring (bicyclic) bond motifs is 1. The standard InChI is InChI=1S/C26H19N3O5/c30-23-18-13-7-8-14-19(18)24(31)29(23)28-21(17-11-5-2-6-12-17)22(28)25(32)27-20(15-34-26(27)33)16-9-3-1-4-10-16/h1-14,20-22H,15H2/t20-,21+,22-,28?/m1/s1. The van der Waals surface area contributed by atoms with Gasteiger partial charge in [0, 0.05) is 0 Å². The minimum absolute atomic E-state index is 0.0460. The van der Waals surface area contributed by atoms with E-state index < -0.39 is 41.9 Å². The van der Waals surface area contributed by atoms with E-state index in [9.17, 15) is 19.2 Å². The lowest BCUT2D eigenvalue weighted by molar-refractivity contribution is -0.130. The maximum absolute atomic E-state index is 13.8. The van der Waals surface area contributed by atoms with E-state index in [1.165, 1.54) is 5.01 Å². The molecule has 8 nitrogen and oxygen atoms in total. The fraction of sp³-hybridized carbons (Fsp3) is 0.154. The third kappa shape index (κ3) is 2.96. The first-order chi connectivity index (χ1) is 16.6. The van der Waals surface area contributed by atoms with Crippen molar-refractivity contribution in [2.24, 2.45) is 0 Å². The summed E-state index contributed by atoms with van der Waals surface area (Å²) in [6.07, 6.45) is -0.736. The average molecular weight is 453 g/mol. The Morgan fingerprint density at radius 2 is 1.26 bits per heavy atom. The lowest BCUT2D eigenvalue weighted by Crippen LogP contribution is -2.42. The number of ether oxygens (including phenoxy) is 1. The van der Waals surface area contributed by atoms with Crippen molar-refractivity contribution in [1.82, 2.24) is 14.9 Å². The number of cyclic esters (lactones) is 1. The summed E-state index contributed by atoms with van der Waals surface area (Å²) in [6, 6.07) is 22.9. The van der Waals surface area contributed by atoms with Crippen LogP contribution in [0.2, 0.25) is 0 Å². The quantitative estimate of drug-likeness (QED) is 0.445. The van der Waals surface area contributed by atoms with Crippen LogP contribution >= 0.6 is 0 Å². The van der Waals surface area contributed by atoms with Crippen molar-refractivity contribution < 1.29 is 23.9 Å². The van der Waals surface area contributed by atoms with Gasteiger partial charge in [-0.15, -0.1) is 0 Å². The van der Waals surface area contributed by atoms with E-state index in [-0.39, 0.29) is 6.61 Å². The number of rotatable bonds is 4. The van der Waals surface area contributed by atoms with Crippen LogP contribution in [-0.2, 0) is 9.53 Å². The molecule has 34 heavy (non-hydrogen) atoms. The SMILES string of the molecule is O=C1OC[C@H](c2ccccc2)N1C(=O)[C@H]1[C@H](c2ccccc2)N1N1C(=O)c2ccccc2C1=O. The summed E-state index contributed by atoms with van der Waals surface area (Å²) in [7, 11) is 0. The highest BCUT2D eigenvalue weighted by molar-refractivity contribution is 6.21. The molecule has 2 saturated heterocycles. The summed E-state index contributed by atoms with van der Waals surface area (Å²) in [5.41, 5.74) is 2.12. The predicted molar refractivity (Wildman–Crippen MR) is 119 cm³/mol. The Morgan fingerprint density at radius 3 is 1.85 bits per heavy atom. The number of carbonyl (C=O) groups excluding carboxylic acids is 4. The molecule has 0 aliphatic carbocycles. The molecule has 0 radical (unpaired) electrons. The van der Waals surface area contributed by atoms with Crippen molar-refractivity contribution in [2.45, 2.75) is 18.1 Å². The van der Waals surface area contributed by atoms with E-state index >= 15 is 0 Å². The van der Waals surface area contributed by atoms with Crippen LogP contribution in [0.3, 0.4) is 0 Å². The summed E-state index contributed by atoms with van der Waals surface area (Å²) in [5, 5.41) is 2.50. The minimum Gasteiger partial charge on any atom is -0.446 e. The summed E-state index contributed by atoms with van der Waals surface area (Å²) >= 11 is 0. The number of carbonyl (C=O) groups is 4. The first-order valence-corrected chi connectivity index (χ1v) is 10.9. The molecular weight excluding hydrogens is 434 g/mol. The van der Waals surface area contributed by atoms with E-state index in [1.807, 2.05) is 60.7 Å². The molecule has 0 aromatic heterocycles. The largest absolute Gasteiger partial charge is 0.446 e. The van der Waals surface area contributed by atoms with Gasteiger partial charge in [0.05, 0.1) is 17.2 Å². The van der Waals surface area contributed by atoms with Gasteiger partial charge in [-0.25, -0.2) is 14.7 Å². The van der Waals surface area contributed by atoms with Crippen molar-refractivity contribution in [2.75, 3.05) is 6.61 Å². The highest BCUT2D eigenvalue weighted by Gasteiger charge is 2.63. The van der Waals surface area contributed by atoms with Gasteiger partial charge in [-0.05, 0) is 23.3 Å². The Hall–Kier alpha value is -4.30. The Morgan fingerprint density at radius 1 is 0.735 bits per heavy atom. The highest BCUT2D eigenvalue weighted by Crippen LogP contribution is 2.49. The van der Waals surface area contributed by atoms with Crippen LogP contribution in [0.1, 0.15) is 43.9 Å². The normalized spacial score (nSPS) is 25.4. The fourth-order valence-corrected chi connectivity index (χ4v) is 4.82. The predicted octanol–water partition coefficient (Wildman–Crippen LogP) is 3.34. The van der Waals surface area contributed by atoms with Crippen LogP contribution in [0, 0.1) is 0 Å². The third-order valence-electron chi connectivity index (χ3n) is 6.47. The molecule has 1 unspecified atom stereocenters. The number of hydrogen-bond acceptors (Lipinski definition) is 6. The number of imide groups is 2. The molecule has 168 valence electrons. The molecule has 6 rings (SSSR count). The van der Waals surface area contributed by atoms with Gasteiger partial charge >= 0.3 is 6.09 Å². The van der Waals surface area contributed by atoms with Crippen LogP contribution in [0.5, 0.6) is 0 Å². The molecule has 3 aromatic carbocycles. The number of nitrogens with zero attached hydrogens (tertiary/aromatic N) is 3. The fourth-order valence-electron chi connectivity index (χ4n) is 4.82. The maximum atomic E-state index is 13.8. The van der Waals surface area contributed by atoms with E-state index in [2.05, 4.69) is 0 Å². The summed E-state index contributed by atoms with van der Waals surface area (Å²) in [5.74, 6) is -1.48. The molecule has 2 fully saturated rings. The number of hydrogen-bond donors (Lipinski definition) is 0.